The number of rotatable bonds is 1. The first-order valence-corrected chi connectivity index (χ1v) is 4.29. The summed E-state index contributed by atoms with van der Waals surface area (Å²) in [7, 11) is 0. The Balaban J connectivity index is 2.58. The van der Waals surface area contributed by atoms with Crippen molar-refractivity contribution in [3.8, 4) is 0 Å². The molecule has 2 N–H and O–H groups in total. The van der Waals surface area contributed by atoms with Crippen LogP contribution in [0.3, 0.4) is 0 Å². The van der Waals surface area contributed by atoms with Crippen molar-refractivity contribution < 1.29 is 19.5 Å². The van der Waals surface area contributed by atoms with E-state index in [-0.39, 0.29) is 5.56 Å². The fourth-order valence-electron chi connectivity index (χ4n) is 1.70. The molecule has 0 fully saturated rings. The van der Waals surface area contributed by atoms with Gasteiger partial charge in [0, 0.05) is 6.42 Å². The van der Waals surface area contributed by atoms with Gasteiger partial charge >= 0.3 is 5.97 Å². The average molecular weight is 195 g/mol. The van der Waals surface area contributed by atoms with Crippen molar-refractivity contribution in [3.63, 3.8) is 0 Å². The number of carboxylic acid groups (broad SMARTS) is 1. The van der Waals surface area contributed by atoms with E-state index >= 15 is 0 Å². The number of fused-ring (bicyclic) bond motifs is 1. The predicted molar refractivity (Wildman–Crippen MR) is 46.9 cm³/mol. The van der Waals surface area contributed by atoms with Crippen LogP contribution in [0.25, 0.3) is 0 Å². The van der Waals surface area contributed by atoms with Crippen molar-refractivity contribution >= 4 is 11.7 Å². The first-order valence-electron chi connectivity index (χ1n) is 4.29. The van der Waals surface area contributed by atoms with Crippen LogP contribution in [0.15, 0.2) is 15.8 Å². The molecule has 0 aliphatic heterocycles. The lowest BCUT2D eigenvalue weighted by Gasteiger charge is -2.11. The van der Waals surface area contributed by atoms with Gasteiger partial charge in [0.15, 0.2) is 0 Å². The zero-order valence-corrected chi connectivity index (χ0v) is 7.36. The van der Waals surface area contributed by atoms with Crippen molar-refractivity contribution in [2.24, 2.45) is 5.16 Å². The van der Waals surface area contributed by atoms with Gasteiger partial charge in [-0.05, 0) is 12.8 Å². The van der Waals surface area contributed by atoms with E-state index in [9.17, 15) is 4.79 Å². The van der Waals surface area contributed by atoms with Crippen LogP contribution in [-0.4, -0.2) is 22.0 Å². The Kier molecular flexibility index (Phi) is 1.99. The first-order chi connectivity index (χ1) is 6.74. The van der Waals surface area contributed by atoms with Crippen molar-refractivity contribution in [1.29, 1.82) is 0 Å². The van der Waals surface area contributed by atoms with Crippen molar-refractivity contribution in [2.75, 3.05) is 0 Å². The van der Waals surface area contributed by atoms with E-state index in [1.807, 2.05) is 0 Å². The summed E-state index contributed by atoms with van der Waals surface area (Å²) in [4.78, 5) is 10.8. The molecule has 0 spiro atoms. The van der Waals surface area contributed by atoms with Crippen molar-refractivity contribution in [3.05, 3.63) is 23.2 Å². The van der Waals surface area contributed by atoms with Gasteiger partial charge in [-0.25, -0.2) is 4.79 Å². The number of carbonyl (C=O) groups is 1. The van der Waals surface area contributed by atoms with E-state index in [1.165, 1.54) is 6.26 Å². The van der Waals surface area contributed by atoms with Crippen molar-refractivity contribution in [2.45, 2.75) is 19.3 Å². The fourth-order valence-corrected chi connectivity index (χ4v) is 1.70. The third-order valence-electron chi connectivity index (χ3n) is 2.32. The van der Waals surface area contributed by atoms with Gasteiger partial charge in [0.05, 0.1) is 11.3 Å². The molecule has 1 aromatic rings. The highest BCUT2D eigenvalue weighted by molar-refractivity contribution is 6.09. The van der Waals surface area contributed by atoms with Gasteiger partial charge in [0.2, 0.25) is 0 Å². The molecular weight excluding hydrogens is 186 g/mol. The minimum atomic E-state index is -1.06. The van der Waals surface area contributed by atoms with Crippen LogP contribution in [0, 0.1) is 0 Å². The molecular formula is C9H9NO4. The molecule has 0 unspecified atom stereocenters. The zero-order valence-electron chi connectivity index (χ0n) is 7.36. The Morgan fingerprint density at radius 1 is 1.50 bits per heavy atom. The number of furan rings is 1. The second-order valence-electron chi connectivity index (χ2n) is 3.15. The van der Waals surface area contributed by atoms with E-state index in [1.54, 1.807) is 0 Å². The van der Waals surface area contributed by atoms with Crippen LogP contribution in [0.1, 0.15) is 34.5 Å². The maximum Gasteiger partial charge on any atom is 0.339 e. The summed E-state index contributed by atoms with van der Waals surface area (Å²) in [5, 5.41) is 20.7. The zero-order chi connectivity index (χ0) is 10.1. The van der Waals surface area contributed by atoms with Gasteiger partial charge < -0.3 is 14.7 Å². The van der Waals surface area contributed by atoms with Gasteiger partial charge in [-0.15, -0.1) is 0 Å². The summed E-state index contributed by atoms with van der Waals surface area (Å²) in [6, 6.07) is 0. The van der Waals surface area contributed by atoms with Crippen LogP contribution < -0.4 is 0 Å². The summed E-state index contributed by atoms with van der Waals surface area (Å²) in [5.41, 5.74) is 0.927. The smallest absolute Gasteiger partial charge is 0.339 e. The maximum atomic E-state index is 10.8. The lowest BCUT2D eigenvalue weighted by atomic mass is 9.93. The molecule has 74 valence electrons. The number of hydrogen-bond donors (Lipinski definition) is 2. The molecule has 0 radical (unpaired) electrons. The average Bonchev–Trinajstić information content (AvgIpc) is 2.60. The maximum absolute atomic E-state index is 10.8. The van der Waals surface area contributed by atoms with Gasteiger partial charge in [0.25, 0.3) is 0 Å². The topological polar surface area (TPSA) is 83.0 Å². The number of nitrogens with zero attached hydrogens (tertiary/aromatic N) is 1. The van der Waals surface area contributed by atoms with Crippen molar-refractivity contribution in [1.82, 2.24) is 0 Å². The number of aromatic carboxylic acids is 1. The normalized spacial score (nSPS) is 18.1. The number of aryl methyl sites for hydroxylation is 1. The predicted octanol–water partition coefficient (Wildman–Crippen LogP) is 1.49. The summed E-state index contributed by atoms with van der Waals surface area (Å²) in [6.07, 6.45) is 3.30. The Morgan fingerprint density at radius 2 is 2.29 bits per heavy atom. The molecule has 1 aliphatic rings. The fraction of sp³-hybridized carbons (Fsp3) is 0.333. The molecule has 0 bridgehead atoms. The summed E-state index contributed by atoms with van der Waals surface area (Å²) in [6.45, 7) is 0. The molecule has 14 heavy (non-hydrogen) atoms. The van der Waals surface area contributed by atoms with Crippen LogP contribution in [0.4, 0.5) is 0 Å². The van der Waals surface area contributed by atoms with E-state index in [0.717, 1.165) is 6.42 Å². The molecule has 1 aromatic heterocycles. The van der Waals surface area contributed by atoms with Gasteiger partial charge in [0.1, 0.15) is 17.6 Å². The largest absolute Gasteiger partial charge is 0.478 e. The van der Waals surface area contributed by atoms with Gasteiger partial charge in [-0.2, -0.15) is 0 Å². The second-order valence-corrected chi connectivity index (χ2v) is 3.15. The SMILES string of the molecule is O=C(O)c1coc2c1/C(=N/O)CCC2. The number of hydrogen-bond acceptors (Lipinski definition) is 4. The molecule has 5 nitrogen and oxygen atoms in total. The van der Waals surface area contributed by atoms with Crippen LogP contribution in [0.5, 0.6) is 0 Å². The standard InChI is InChI=1S/C9H9NO4/c11-9(12)5-4-14-7-3-1-2-6(10-13)8(5)7/h4,13H,1-3H2,(H,11,12)/b10-6+. The van der Waals surface area contributed by atoms with Crippen LogP contribution in [0.2, 0.25) is 0 Å². The van der Waals surface area contributed by atoms with E-state index in [2.05, 4.69) is 5.16 Å². The molecule has 1 aliphatic carbocycles. The lowest BCUT2D eigenvalue weighted by Crippen LogP contribution is -2.13. The highest BCUT2D eigenvalue weighted by atomic mass is 16.4. The summed E-state index contributed by atoms with van der Waals surface area (Å²) >= 11 is 0. The van der Waals surface area contributed by atoms with E-state index in [4.69, 9.17) is 14.7 Å². The van der Waals surface area contributed by atoms with Crippen LogP contribution >= 0.6 is 0 Å². The number of carboxylic acids is 1. The molecule has 0 saturated carbocycles. The summed E-state index contributed by atoms with van der Waals surface area (Å²) < 4.78 is 5.11. The first kappa shape index (κ1) is 8.80. The third-order valence-corrected chi connectivity index (χ3v) is 2.32. The summed E-state index contributed by atoms with van der Waals surface area (Å²) in [5.74, 6) is -0.459. The van der Waals surface area contributed by atoms with E-state index < -0.39 is 5.97 Å². The molecule has 2 rings (SSSR count). The van der Waals surface area contributed by atoms with E-state index in [0.29, 0.717) is 29.9 Å². The molecule has 5 heteroatoms. The Bertz CT molecular complexity index is 405. The highest BCUT2D eigenvalue weighted by Gasteiger charge is 2.26. The molecule has 0 atom stereocenters. The van der Waals surface area contributed by atoms with Gasteiger partial charge in [-0.1, -0.05) is 5.16 Å². The second kappa shape index (κ2) is 3.17. The number of oxime groups is 1. The molecule has 0 saturated heterocycles. The molecule has 1 heterocycles. The Labute approximate surface area is 79.6 Å². The monoisotopic (exact) mass is 195 g/mol. The third kappa shape index (κ3) is 1.17. The molecule has 0 aromatic carbocycles. The Hall–Kier alpha value is -1.78. The highest BCUT2D eigenvalue weighted by Crippen LogP contribution is 2.26. The quantitative estimate of drug-likeness (QED) is 0.525. The molecule has 0 amide bonds. The Morgan fingerprint density at radius 3 is 2.93 bits per heavy atom. The minimum Gasteiger partial charge on any atom is -0.478 e. The van der Waals surface area contributed by atoms with Crippen LogP contribution in [-0.2, 0) is 6.42 Å². The lowest BCUT2D eigenvalue weighted by molar-refractivity contribution is 0.0696. The van der Waals surface area contributed by atoms with Gasteiger partial charge in [-0.3, -0.25) is 0 Å². The minimum absolute atomic E-state index is 0.0764.